The van der Waals surface area contributed by atoms with E-state index in [0.717, 1.165) is 0 Å². The molecule has 2 atom stereocenters. The molecule has 1 aromatic carbocycles. The van der Waals surface area contributed by atoms with Crippen LogP contribution in [0.3, 0.4) is 0 Å². The molecule has 0 saturated carbocycles. The topological polar surface area (TPSA) is 71.8 Å². The molecule has 2 aromatic rings. The maximum atomic E-state index is 12.9. The fraction of sp³-hybridized carbons (Fsp3) is 0.368. The molecule has 0 bridgehead atoms. The van der Waals surface area contributed by atoms with Crippen LogP contribution in [0.15, 0.2) is 53.1 Å². The van der Waals surface area contributed by atoms with Crippen molar-refractivity contribution in [2.24, 2.45) is 5.92 Å². The standard InChI is InChI=1S/C19H22N2O4/c1-14-17(9-11-24-14)19(23)21(12-16-8-5-10-25-16)13-18(22)20-15-6-3-2-4-7-15/h2-8,10,14,17H,9,11-13H2,1H3,(H,20,22)/t14-,17-/m0/s1. The van der Waals surface area contributed by atoms with Crippen molar-refractivity contribution in [3.63, 3.8) is 0 Å². The summed E-state index contributed by atoms with van der Waals surface area (Å²) in [6.45, 7) is 2.70. The number of ether oxygens (including phenoxy) is 1. The minimum atomic E-state index is -0.238. The molecule has 3 rings (SSSR count). The lowest BCUT2D eigenvalue weighted by molar-refractivity contribution is -0.140. The van der Waals surface area contributed by atoms with E-state index < -0.39 is 0 Å². The van der Waals surface area contributed by atoms with Crippen LogP contribution in [0, 0.1) is 5.92 Å². The first kappa shape index (κ1) is 17.2. The summed E-state index contributed by atoms with van der Waals surface area (Å²) in [7, 11) is 0. The number of nitrogens with zero attached hydrogens (tertiary/aromatic N) is 1. The summed E-state index contributed by atoms with van der Waals surface area (Å²) in [5.74, 6) is 0.106. The Balaban J connectivity index is 1.69. The lowest BCUT2D eigenvalue weighted by atomic mass is 10.0. The maximum Gasteiger partial charge on any atom is 0.244 e. The van der Waals surface area contributed by atoms with E-state index >= 15 is 0 Å². The average Bonchev–Trinajstić information content (AvgIpc) is 3.26. The SMILES string of the molecule is C[C@@H]1OCC[C@@H]1C(=O)N(CC(=O)Nc1ccccc1)Cc1ccco1. The smallest absolute Gasteiger partial charge is 0.244 e. The van der Waals surface area contributed by atoms with Gasteiger partial charge >= 0.3 is 0 Å². The van der Waals surface area contributed by atoms with Gasteiger partial charge in [-0.2, -0.15) is 0 Å². The first-order chi connectivity index (χ1) is 12.1. The molecule has 0 aliphatic carbocycles. The first-order valence-corrected chi connectivity index (χ1v) is 8.41. The molecule has 132 valence electrons. The molecule has 6 nitrogen and oxygen atoms in total. The second-order valence-electron chi connectivity index (χ2n) is 6.16. The predicted octanol–water partition coefficient (Wildman–Crippen LogP) is 2.67. The summed E-state index contributed by atoms with van der Waals surface area (Å²) in [6.07, 6.45) is 2.10. The van der Waals surface area contributed by atoms with Crippen molar-refractivity contribution in [2.75, 3.05) is 18.5 Å². The Kier molecular flexibility index (Phi) is 5.50. The summed E-state index contributed by atoms with van der Waals surface area (Å²) in [4.78, 5) is 26.8. The number of nitrogens with one attached hydrogen (secondary N) is 1. The molecular weight excluding hydrogens is 320 g/mol. The largest absolute Gasteiger partial charge is 0.467 e. The minimum Gasteiger partial charge on any atom is -0.467 e. The van der Waals surface area contributed by atoms with Gasteiger partial charge in [-0.05, 0) is 37.6 Å². The molecule has 0 unspecified atom stereocenters. The monoisotopic (exact) mass is 342 g/mol. The van der Waals surface area contributed by atoms with E-state index in [-0.39, 0.29) is 36.9 Å². The Morgan fingerprint density at radius 3 is 2.64 bits per heavy atom. The number of para-hydroxylation sites is 1. The number of rotatable bonds is 6. The summed E-state index contributed by atoms with van der Waals surface area (Å²) in [6, 6.07) is 12.8. The van der Waals surface area contributed by atoms with E-state index in [2.05, 4.69) is 5.32 Å². The zero-order chi connectivity index (χ0) is 17.6. The van der Waals surface area contributed by atoms with Crippen LogP contribution in [-0.4, -0.2) is 36.0 Å². The molecule has 1 aliphatic rings. The molecule has 1 fully saturated rings. The predicted molar refractivity (Wildman–Crippen MR) is 92.7 cm³/mol. The molecule has 1 aliphatic heterocycles. The van der Waals surface area contributed by atoms with E-state index in [0.29, 0.717) is 24.5 Å². The number of hydrogen-bond acceptors (Lipinski definition) is 4. The van der Waals surface area contributed by atoms with Crippen LogP contribution in [0.25, 0.3) is 0 Å². The van der Waals surface area contributed by atoms with Gasteiger partial charge < -0.3 is 19.4 Å². The molecule has 25 heavy (non-hydrogen) atoms. The van der Waals surface area contributed by atoms with Crippen LogP contribution in [-0.2, 0) is 20.9 Å². The number of benzene rings is 1. The molecular formula is C19H22N2O4. The van der Waals surface area contributed by atoms with E-state index in [9.17, 15) is 9.59 Å². The van der Waals surface area contributed by atoms with Gasteiger partial charge in [0.15, 0.2) is 0 Å². The Bertz CT molecular complexity index is 699. The third-order valence-electron chi connectivity index (χ3n) is 4.32. The van der Waals surface area contributed by atoms with E-state index in [1.54, 1.807) is 18.4 Å². The first-order valence-electron chi connectivity index (χ1n) is 8.41. The van der Waals surface area contributed by atoms with Gasteiger partial charge in [-0.1, -0.05) is 18.2 Å². The van der Waals surface area contributed by atoms with Crippen molar-refractivity contribution in [1.82, 2.24) is 4.90 Å². The summed E-state index contributed by atoms with van der Waals surface area (Å²) < 4.78 is 10.8. The Morgan fingerprint density at radius 2 is 2.00 bits per heavy atom. The quantitative estimate of drug-likeness (QED) is 0.876. The fourth-order valence-electron chi connectivity index (χ4n) is 2.99. The van der Waals surface area contributed by atoms with Gasteiger partial charge in [-0.25, -0.2) is 0 Å². The van der Waals surface area contributed by atoms with Crippen molar-refractivity contribution < 1.29 is 18.7 Å². The molecule has 1 aromatic heterocycles. The Labute approximate surface area is 146 Å². The van der Waals surface area contributed by atoms with Crippen LogP contribution >= 0.6 is 0 Å². The van der Waals surface area contributed by atoms with Crippen molar-refractivity contribution in [1.29, 1.82) is 0 Å². The summed E-state index contributed by atoms with van der Waals surface area (Å²) >= 11 is 0. The van der Waals surface area contributed by atoms with Gasteiger partial charge in [0.05, 0.1) is 24.8 Å². The van der Waals surface area contributed by atoms with Gasteiger partial charge in [0, 0.05) is 12.3 Å². The van der Waals surface area contributed by atoms with Gasteiger partial charge in [0.25, 0.3) is 0 Å². The second-order valence-corrected chi connectivity index (χ2v) is 6.16. The average molecular weight is 342 g/mol. The Hall–Kier alpha value is -2.60. The third kappa shape index (κ3) is 4.48. The van der Waals surface area contributed by atoms with Gasteiger partial charge in [-0.15, -0.1) is 0 Å². The van der Waals surface area contributed by atoms with Gasteiger partial charge in [0.2, 0.25) is 11.8 Å². The van der Waals surface area contributed by atoms with Gasteiger partial charge in [0.1, 0.15) is 12.3 Å². The van der Waals surface area contributed by atoms with Crippen LogP contribution in [0.5, 0.6) is 0 Å². The number of hydrogen-bond donors (Lipinski definition) is 1. The van der Waals surface area contributed by atoms with E-state index in [1.807, 2.05) is 37.3 Å². The fourth-order valence-corrected chi connectivity index (χ4v) is 2.99. The van der Waals surface area contributed by atoms with Crippen molar-refractivity contribution in [3.05, 3.63) is 54.5 Å². The van der Waals surface area contributed by atoms with Crippen LogP contribution in [0.1, 0.15) is 19.1 Å². The highest BCUT2D eigenvalue weighted by Gasteiger charge is 2.34. The molecule has 1 saturated heterocycles. The van der Waals surface area contributed by atoms with Crippen LogP contribution < -0.4 is 5.32 Å². The number of carbonyl (C=O) groups is 2. The van der Waals surface area contributed by atoms with E-state index in [4.69, 9.17) is 9.15 Å². The van der Waals surface area contributed by atoms with Gasteiger partial charge in [-0.3, -0.25) is 9.59 Å². The van der Waals surface area contributed by atoms with Crippen molar-refractivity contribution in [2.45, 2.75) is 26.0 Å². The maximum absolute atomic E-state index is 12.9. The number of amides is 2. The zero-order valence-corrected chi connectivity index (χ0v) is 14.2. The van der Waals surface area contributed by atoms with Crippen LogP contribution in [0.2, 0.25) is 0 Å². The Morgan fingerprint density at radius 1 is 1.20 bits per heavy atom. The van der Waals surface area contributed by atoms with Crippen LogP contribution in [0.4, 0.5) is 5.69 Å². The highest BCUT2D eigenvalue weighted by molar-refractivity contribution is 5.94. The highest BCUT2D eigenvalue weighted by atomic mass is 16.5. The van der Waals surface area contributed by atoms with Crippen molar-refractivity contribution >= 4 is 17.5 Å². The summed E-state index contributed by atoms with van der Waals surface area (Å²) in [5, 5.41) is 2.81. The molecule has 0 radical (unpaired) electrons. The minimum absolute atomic E-state index is 0.0301. The third-order valence-corrected chi connectivity index (χ3v) is 4.32. The zero-order valence-electron chi connectivity index (χ0n) is 14.2. The second kappa shape index (κ2) is 7.98. The molecule has 2 heterocycles. The lowest BCUT2D eigenvalue weighted by Crippen LogP contribution is -2.42. The normalized spacial score (nSPS) is 19.6. The summed E-state index contributed by atoms with van der Waals surface area (Å²) in [5.41, 5.74) is 0.704. The van der Waals surface area contributed by atoms with E-state index in [1.165, 1.54) is 4.90 Å². The number of furan rings is 1. The number of carbonyl (C=O) groups excluding carboxylic acids is 2. The molecule has 1 N–H and O–H groups in total. The number of anilines is 1. The van der Waals surface area contributed by atoms with Crippen molar-refractivity contribution in [3.8, 4) is 0 Å². The molecule has 6 heteroatoms. The molecule has 2 amide bonds. The molecule has 0 spiro atoms. The lowest BCUT2D eigenvalue weighted by Gasteiger charge is -2.25. The highest BCUT2D eigenvalue weighted by Crippen LogP contribution is 2.23.